The fourth-order valence-corrected chi connectivity index (χ4v) is 3.06. The lowest BCUT2D eigenvalue weighted by molar-refractivity contribution is -0.116. The average Bonchev–Trinajstić information content (AvgIpc) is 2.94. The van der Waals surface area contributed by atoms with E-state index in [0.717, 1.165) is 29.7 Å². The number of carbonyl (C=O) groups is 1. The molecule has 2 N–H and O–H groups in total. The molecule has 1 atom stereocenters. The van der Waals surface area contributed by atoms with E-state index in [1.165, 1.54) is 6.33 Å². The average molecular weight is 282 g/mol. The number of allylic oxidation sites excluding steroid dienone is 2. The van der Waals surface area contributed by atoms with Gasteiger partial charge in [0.15, 0.2) is 5.78 Å². The van der Waals surface area contributed by atoms with Crippen LogP contribution in [0.15, 0.2) is 41.9 Å². The lowest BCUT2D eigenvalue weighted by atomic mass is 9.85. The van der Waals surface area contributed by atoms with E-state index in [4.69, 9.17) is 0 Å². The zero-order valence-corrected chi connectivity index (χ0v) is 11.3. The molecule has 0 fully saturated rings. The van der Waals surface area contributed by atoms with Gasteiger partial charge in [-0.25, -0.2) is 4.68 Å². The van der Waals surface area contributed by atoms with Crippen LogP contribution in [0, 0.1) is 0 Å². The minimum atomic E-state index is -0.271. The van der Waals surface area contributed by atoms with Crippen molar-refractivity contribution in [3.63, 3.8) is 0 Å². The summed E-state index contributed by atoms with van der Waals surface area (Å²) < 4.78 is 1.73. The molecule has 2 aliphatic rings. The van der Waals surface area contributed by atoms with Gasteiger partial charge in [0.2, 0.25) is 5.95 Å². The molecule has 0 spiro atoms. The maximum Gasteiger partial charge on any atom is 0.226 e. The van der Waals surface area contributed by atoms with Crippen LogP contribution in [-0.4, -0.2) is 25.7 Å². The number of hydrogen-bond donors (Lipinski definition) is 2. The summed E-state index contributed by atoms with van der Waals surface area (Å²) in [5.41, 5.74) is 2.64. The summed E-state index contributed by atoms with van der Waals surface area (Å²) >= 11 is 0. The first kappa shape index (κ1) is 12.1. The summed E-state index contributed by atoms with van der Waals surface area (Å²) in [5.74, 6) is 1.01. The van der Waals surface area contributed by atoms with E-state index in [-0.39, 0.29) is 17.6 Å². The van der Waals surface area contributed by atoms with Crippen LogP contribution in [0.4, 0.5) is 5.95 Å². The van der Waals surface area contributed by atoms with Crippen molar-refractivity contribution in [2.45, 2.75) is 25.3 Å². The quantitative estimate of drug-likeness (QED) is 0.836. The molecule has 2 heterocycles. The third kappa shape index (κ3) is 1.83. The van der Waals surface area contributed by atoms with Crippen molar-refractivity contribution in [1.82, 2.24) is 14.8 Å². The van der Waals surface area contributed by atoms with Crippen molar-refractivity contribution < 1.29 is 9.90 Å². The summed E-state index contributed by atoms with van der Waals surface area (Å²) in [5, 5.41) is 16.9. The Labute approximate surface area is 121 Å². The Morgan fingerprint density at radius 3 is 2.86 bits per heavy atom. The summed E-state index contributed by atoms with van der Waals surface area (Å²) in [6.45, 7) is 0. The zero-order chi connectivity index (χ0) is 14.4. The maximum atomic E-state index is 12.4. The van der Waals surface area contributed by atoms with Gasteiger partial charge in [-0.15, -0.1) is 0 Å². The lowest BCUT2D eigenvalue weighted by Crippen LogP contribution is -2.31. The van der Waals surface area contributed by atoms with Crippen LogP contribution in [0.1, 0.15) is 30.9 Å². The van der Waals surface area contributed by atoms with E-state index in [1.54, 1.807) is 16.8 Å². The predicted molar refractivity (Wildman–Crippen MR) is 75.8 cm³/mol. The van der Waals surface area contributed by atoms with E-state index in [2.05, 4.69) is 15.4 Å². The van der Waals surface area contributed by atoms with Crippen LogP contribution in [-0.2, 0) is 4.79 Å². The van der Waals surface area contributed by atoms with E-state index in [1.807, 2.05) is 12.1 Å². The minimum absolute atomic E-state index is 0.156. The number of ketones is 1. The molecule has 0 radical (unpaired) electrons. The van der Waals surface area contributed by atoms with E-state index < -0.39 is 0 Å². The Balaban J connectivity index is 1.91. The van der Waals surface area contributed by atoms with Gasteiger partial charge in [-0.05, 0) is 30.5 Å². The van der Waals surface area contributed by atoms with Gasteiger partial charge in [-0.2, -0.15) is 10.1 Å². The molecule has 0 saturated carbocycles. The number of anilines is 1. The number of rotatable bonds is 1. The van der Waals surface area contributed by atoms with Gasteiger partial charge >= 0.3 is 0 Å². The number of hydrogen-bond acceptors (Lipinski definition) is 5. The Morgan fingerprint density at radius 2 is 2.05 bits per heavy atom. The number of carbonyl (C=O) groups excluding carboxylic acids is 1. The number of phenolic OH excluding ortho intramolecular Hbond substituents is 1. The topological polar surface area (TPSA) is 80.0 Å². The van der Waals surface area contributed by atoms with E-state index in [0.29, 0.717) is 12.4 Å². The molecule has 1 unspecified atom stereocenters. The fraction of sp³-hybridized carbons (Fsp3) is 0.267. The molecule has 6 nitrogen and oxygen atoms in total. The second-order valence-electron chi connectivity index (χ2n) is 5.32. The highest BCUT2D eigenvalue weighted by atomic mass is 16.3. The maximum absolute atomic E-state index is 12.4. The second-order valence-corrected chi connectivity index (χ2v) is 5.32. The molecular weight excluding hydrogens is 268 g/mol. The number of benzene rings is 1. The molecule has 6 heteroatoms. The number of nitrogens with zero attached hydrogens (tertiary/aromatic N) is 3. The SMILES string of the molecule is O=C1CCCC2=C1C(c1ccc(O)cc1)n1ncnc1N2. The number of phenols is 1. The van der Waals surface area contributed by atoms with Crippen LogP contribution in [0.25, 0.3) is 0 Å². The minimum Gasteiger partial charge on any atom is -0.508 e. The molecular formula is C15H14N4O2. The van der Waals surface area contributed by atoms with Gasteiger partial charge < -0.3 is 10.4 Å². The molecule has 0 amide bonds. The van der Waals surface area contributed by atoms with Gasteiger partial charge in [-0.3, -0.25) is 4.79 Å². The highest BCUT2D eigenvalue weighted by molar-refractivity contribution is 5.99. The summed E-state index contributed by atoms with van der Waals surface area (Å²) in [7, 11) is 0. The molecule has 4 rings (SSSR count). The number of Topliss-reactive ketones (excluding diaryl/α,β-unsaturated/α-hetero) is 1. The van der Waals surface area contributed by atoms with Crippen LogP contribution < -0.4 is 5.32 Å². The molecule has 1 aromatic heterocycles. The molecule has 1 aliphatic carbocycles. The van der Waals surface area contributed by atoms with E-state index >= 15 is 0 Å². The van der Waals surface area contributed by atoms with Gasteiger partial charge in [0.25, 0.3) is 0 Å². The first-order valence-electron chi connectivity index (χ1n) is 6.96. The molecule has 1 aliphatic heterocycles. The van der Waals surface area contributed by atoms with E-state index in [9.17, 15) is 9.90 Å². The van der Waals surface area contributed by atoms with Gasteiger partial charge in [-0.1, -0.05) is 12.1 Å². The van der Waals surface area contributed by atoms with Crippen molar-refractivity contribution in [3.05, 3.63) is 47.4 Å². The van der Waals surface area contributed by atoms with Crippen molar-refractivity contribution in [2.75, 3.05) is 5.32 Å². The highest BCUT2D eigenvalue weighted by Crippen LogP contribution is 2.39. The first-order chi connectivity index (χ1) is 10.2. The Bertz CT molecular complexity index is 745. The number of fused-ring (bicyclic) bond motifs is 1. The third-order valence-electron chi connectivity index (χ3n) is 4.02. The summed E-state index contributed by atoms with van der Waals surface area (Å²) in [4.78, 5) is 16.6. The molecule has 106 valence electrons. The van der Waals surface area contributed by atoms with Crippen LogP contribution >= 0.6 is 0 Å². The third-order valence-corrected chi connectivity index (χ3v) is 4.02. The van der Waals surface area contributed by atoms with Crippen LogP contribution in [0.3, 0.4) is 0 Å². The Kier molecular flexibility index (Phi) is 2.57. The molecule has 0 saturated heterocycles. The van der Waals surface area contributed by atoms with Gasteiger partial charge in [0, 0.05) is 17.7 Å². The molecule has 0 bridgehead atoms. The van der Waals surface area contributed by atoms with Crippen LogP contribution in [0.2, 0.25) is 0 Å². The van der Waals surface area contributed by atoms with Crippen molar-refractivity contribution in [1.29, 1.82) is 0 Å². The Morgan fingerprint density at radius 1 is 1.24 bits per heavy atom. The molecule has 1 aromatic carbocycles. The normalized spacial score (nSPS) is 20.8. The van der Waals surface area contributed by atoms with Gasteiger partial charge in [0.1, 0.15) is 18.1 Å². The summed E-state index contributed by atoms with van der Waals surface area (Å²) in [6, 6.07) is 6.63. The summed E-state index contributed by atoms with van der Waals surface area (Å²) in [6.07, 6.45) is 3.77. The lowest BCUT2D eigenvalue weighted by Gasteiger charge is -2.32. The fourth-order valence-electron chi connectivity index (χ4n) is 3.06. The zero-order valence-electron chi connectivity index (χ0n) is 11.3. The molecule has 2 aromatic rings. The Hall–Kier alpha value is -2.63. The predicted octanol–water partition coefficient (Wildman–Crippen LogP) is 2.01. The molecule has 21 heavy (non-hydrogen) atoms. The van der Waals surface area contributed by atoms with Crippen molar-refractivity contribution in [2.24, 2.45) is 0 Å². The smallest absolute Gasteiger partial charge is 0.226 e. The first-order valence-corrected chi connectivity index (χ1v) is 6.96. The highest BCUT2D eigenvalue weighted by Gasteiger charge is 2.35. The number of aromatic nitrogens is 3. The monoisotopic (exact) mass is 282 g/mol. The van der Waals surface area contributed by atoms with Gasteiger partial charge in [0.05, 0.1) is 0 Å². The number of aromatic hydroxyl groups is 1. The number of nitrogens with one attached hydrogen (secondary N) is 1. The van der Waals surface area contributed by atoms with Crippen molar-refractivity contribution in [3.8, 4) is 5.75 Å². The second kappa shape index (κ2) is 4.44. The standard InChI is InChI=1S/C15H14N4O2/c20-10-6-4-9(5-7-10)14-13-11(2-1-3-12(13)21)18-15-16-8-17-19(14)15/h4-8,14,20H,1-3H2,(H,16,17,18). The van der Waals surface area contributed by atoms with Crippen molar-refractivity contribution >= 4 is 11.7 Å². The van der Waals surface area contributed by atoms with Crippen LogP contribution in [0.5, 0.6) is 5.75 Å². The largest absolute Gasteiger partial charge is 0.508 e.